The molecule has 0 spiro atoms. The zero-order chi connectivity index (χ0) is 28.7. The van der Waals surface area contributed by atoms with E-state index in [9.17, 15) is 36.0 Å². The molecule has 5 rings (SSSR count). The number of nitrogens with one attached hydrogen (secondary N) is 1. The molecule has 1 unspecified atom stereocenters. The van der Waals surface area contributed by atoms with Gasteiger partial charge >= 0.3 is 15.5 Å². The number of alkyl halides is 3. The summed E-state index contributed by atoms with van der Waals surface area (Å²) in [7, 11) is -5.31. The third-order valence-electron chi connectivity index (χ3n) is 7.33. The van der Waals surface area contributed by atoms with Gasteiger partial charge in [-0.05, 0) is 29.7 Å². The molecule has 0 radical (unpaired) electrons. The molecule has 0 aliphatic carbocycles. The molecule has 2 aromatic rings. The van der Waals surface area contributed by atoms with Crippen molar-refractivity contribution in [2.24, 2.45) is 0 Å². The number of carbonyl (C=O) groups is 3. The van der Waals surface area contributed by atoms with E-state index in [0.29, 0.717) is 27.7 Å². The highest BCUT2D eigenvalue weighted by Gasteiger charge is 2.50. The van der Waals surface area contributed by atoms with E-state index < -0.39 is 27.5 Å². The molecule has 1 N–H and O–H groups in total. The van der Waals surface area contributed by atoms with Gasteiger partial charge in [-0.3, -0.25) is 24.6 Å². The Morgan fingerprint density at radius 2 is 1.62 bits per heavy atom. The van der Waals surface area contributed by atoms with Crippen molar-refractivity contribution in [3.05, 3.63) is 64.7 Å². The summed E-state index contributed by atoms with van der Waals surface area (Å²) >= 11 is 0. The van der Waals surface area contributed by atoms with Gasteiger partial charge in [-0.2, -0.15) is 17.5 Å². The summed E-state index contributed by atoms with van der Waals surface area (Å²) in [6.07, 6.45) is 0.446. The first kappa shape index (κ1) is 28.1. The Balaban J connectivity index is 1.16. The van der Waals surface area contributed by atoms with Crippen LogP contribution in [0, 0.1) is 0 Å². The molecule has 3 aliphatic rings. The van der Waals surface area contributed by atoms with Gasteiger partial charge in [-0.15, -0.1) is 0 Å². The van der Waals surface area contributed by atoms with Crippen molar-refractivity contribution in [1.82, 2.24) is 19.4 Å². The number of ether oxygens (including phenoxy) is 1. The molecule has 214 valence electrons. The number of sulfonamides is 1. The molecule has 0 saturated carbocycles. The number of fused-ring (bicyclic) bond motifs is 1. The first-order valence-corrected chi connectivity index (χ1v) is 14.1. The van der Waals surface area contributed by atoms with Crippen LogP contribution in [-0.2, 0) is 39.3 Å². The van der Waals surface area contributed by atoms with Crippen LogP contribution in [0.25, 0.3) is 0 Å². The highest BCUT2D eigenvalue weighted by molar-refractivity contribution is 7.90. The van der Waals surface area contributed by atoms with Crippen LogP contribution in [0.5, 0.6) is 5.75 Å². The van der Waals surface area contributed by atoms with E-state index >= 15 is 0 Å². The molecule has 0 aromatic heterocycles. The van der Waals surface area contributed by atoms with E-state index in [1.54, 1.807) is 18.2 Å². The number of carbonyl (C=O) groups excluding carboxylic acids is 3. The Bertz CT molecular complexity index is 1420. The molecule has 1 atom stereocenters. The van der Waals surface area contributed by atoms with Crippen LogP contribution in [0.2, 0.25) is 0 Å². The summed E-state index contributed by atoms with van der Waals surface area (Å²) in [6.45, 7) is 0.814. The van der Waals surface area contributed by atoms with E-state index in [-0.39, 0.29) is 64.0 Å². The third kappa shape index (κ3) is 5.56. The van der Waals surface area contributed by atoms with Crippen molar-refractivity contribution in [2.45, 2.75) is 44.1 Å². The predicted octanol–water partition coefficient (Wildman–Crippen LogP) is 1.99. The lowest BCUT2D eigenvalue weighted by Crippen LogP contribution is -2.52. The van der Waals surface area contributed by atoms with Crippen molar-refractivity contribution in [1.29, 1.82) is 0 Å². The number of benzene rings is 2. The highest BCUT2D eigenvalue weighted by atomic mass is 32.2. The SMILES string of the molecule is O=C1CCC(N2Cc3c(OCc4ccc(CN5CCN(S(=O)(=O)C(F)(F)F)CC5)cc4)cccc3C2=O)C(=O)N1. The Morgan fingerprint density at radius 3 is 2.27 bits per heavy atom. The van der Waals surface area contributed by atoms with Crippen molar-refractivity contribution in [3.8, 4) is 5.75 Å². The van der Waals surface area contributed by atoms with E-state index in [2.05, 4.69) is 5.32 Å². The minimum absolute atomic E-state index is 0.173. The smallest absolute Gasteiger partial charge is 0.489 e. The van der Waals surface area contributed by atoms with E-state index in [4.69, 9.17) is 4.74 Å². The first-order chi connectivity index (χ1) is 18.9. The van der Waals surface area contributed by atoms with Crippen LogP contribution in [-0.4, -0.2) is 78.0 Å². The van der Waals surface area contributed by atoms with Crippen LogP contribution in [0.4, 0.5) is 13.2 Å². The number of imide groups is 1. The molecular formula is C26H27F3N4O6S. The summed E-state index contributed by atoms with van der Waals surface area (Å²) < 4.78 is 68.0. The fourth-order valence-corrected chi connectivity index (χ4v) is 6.06. The molecule has 40 heavy (non-hydrogen) atoms. The van der Waals surface area contributed by atoms with Gasteiger partial charge in [0.2, 0.25) is 11.8 Å². The number of nitrogens with zero attached hydrogens (tertiary/aromatic N) is 3. The lowest BCUT2D eigenvalue weighted by Gasteiger charge is -2.34. The van der Waals surface area contributed by atoms with Crippen molar-refractivity contribution >= 4 is 27.7 Å². The monoisotopic (exact) mass is 580 g/mol. The quantitative estimate of drug-likeness (QED) is 0.498. The molecule has 2 fully saturated rings. The Hall–Kier alpha value is -3.49. The Labute approximate surface area is 228 Å². The van der Waals surface area contributed by atoms with Crippen molar-refractivity contribution < 1.29 is 40.7 Å². The predicted molar refractivity (Wildman–Crippen MR) is 135 cm³/mol. The number of rotatable bonds is 7. The number of halogens is 3. The molecule has 3 aliphatic heterocycles. The van der Waals surface area contributed by atoms with Crippen molar-refractivity contribution in [3.63, 3.8) is 0 Å². The maximum absolute atomic E-state index is 13.0. The molecule has 14 heteroatoms. The second-order valence-corrected chi connectivity index (χ2v) is 11.8. The minimum Gasteiger partial charge on any atom is -0.489 e. The lowest BCUT2D eigenvalue weighted by atomic mass is 10.0. The Morgan fingerprint density at radius 1 is 0.950 bits per heavy atom. The second-order valence-electron chi connectivity index (χ2n) is 9.91. The number of piperidine rings is 1. The molecule has 10 nitrogen and oxygen atoms in total. The normalized spacial score (nSPS) is 20.9. The highest BCUT2D eigenvalue weighted by Crippen LogP contribution is 2.34. The summed E-state index contributed by atoms with van der Waals surface area (Å²) in [5, 5.41) is 2.29. The summed E-state index contributed by atoms with van der Waals surface area (Å²) in [5.74, 6) is -0.583. The minimum atomic E-state index is -5.31. The maximum Gasteiger partial charge on any atom is 0.511 e. The lowest BCUT2D eigenvalue weighted by molar-refractivity contribution is -0.136. The van der Waals surface area contributed by atoms with Crippen LogP contribution < -0.4 is 10.1 Å². The fourth-order valence-electron chi connectivity index (χ4n) is 5.13. The summed E-state index contributed by atoms with van der Waals surface area (Å²) in [5.41, 5.74) is -2.38. The van der Waals surface area contributed by atoms with Crippen LogP contribution in [0.15, 0.2) is 42.5 Å². The van der Waals surface area contributed by atoms with Gasteiger partial charge in [0.15, 0.2) is 0 Å². The molecule has 2 saturated heterocycles. The third-order valence-corrected chi connectivity index (χ3v) is 8.96. The fraction of sp³-hybridized carbons (Fsp3) is 0.423. The van der Waals surface area contributed by atoms with Gasteiger partial charge < -0.3 is 9.64 Å². The molecule has 2 aromatic carbocycles. The van der Waals surface area contributed by atoms with E-state index in [1.807, 2.05) is 29.2 Å². The van der Waals surface area contributed by atoms with E-state index in [1.165, 1.54) is 4.90 Å². The number of amides is 3. The average molecular weight is 581 g/mol. The zero-order valence-electron chi connectivity index (χ0n) is 21.3. The van der Waals surface area contributed by atoms with Gasteiger partial charge in [-0.1, -0.05) is 30.3 Å². The number of hydrogen-bond donors (Lipinski definition) is 1. The number of piperazine rings is 1. The summed E-state index contributed by atoms with van der Waals surface area (Å²) in [6, 6.07) is 11.9. The molecule has 3 heterocycles. The molecule has 0 bridgehead atoms. The van der Waals surface area contributed by atoms with E-state index in [0.717, 1.165) is 11.1 Å². The van der Waals surface area contributed by atoms with Gasteiger partial charge in [0.1, 0.15) is 18.4 Å². The standard InChI is InChI=1S/C26H27F3N4O6S/c27-26(28,29)40(37,38)32-12-10-31(11-13-32)14-17-4-6-18(7-5-17)16-39-22-3-1-2-19-20(22)15-33(25(19)36)21-8-9-23(34)30-24(21)35/h1-7,21H,8-16H2,(H,30,34,35). The topological polar surface area (TPSA) is 116 Å². The van der Waals surface area contributed by atoms with Crippen LogP contribution in [0.1, 0.15) is 39.9 Å². The van der Waals surface area contributed by atoms with Gasteiger partial charge in [0.25, 0.3) is 5.91 Å². The maximum atomic E-state index is 13.0. The van der Waals surface area contributed by atoms with Crippen LogP contribution in [0.3, 0.4) is 0 Å². The largest absolute Gasteiger partial charge is 0.511 e. The van der Waals surface area contributed by atoms with Gasteiger partial charge in [0.05, 0.1) is 6.54 Å². The molecule has 3 amide bonds. The first-order valence-electron chi connectivity index (χ1n) is 12.7. The van der Waals surface area contributed by atoms with Crippen LogP contribution >= 0.6 is 0 Å². The summed E-state index contributed by atoms with van der Waals surface area (Å²) in [4.78, 5) is 40.1. The Kier molecular flexibility index (Phi) is 7.59. The molecular weight excluding hydrogens is 553 g/mol. The van der Waals surface area contributed by atoms with Crippen molar-refractivity contribution in [2.75, 3.05) is 26.2 Å². The average Bonchev–Trinajstić information content (AvgIpc) is 3.24. The van der Waals surface area contributed by atoms with Gasteiger partial charge in [-0.25, -0.2) is 8.42 Å². The second kappa shape index (κ2) is 10.8. The zero-order valence-corrected chi connectivity index (χ0v) is 22.1. The number of hydrogen-bond acceptors (Lipinski definition) is 7. The van der Waals surface area contributed by atoms with Gasteiger partial charge in [0, 0.05) is 50.3 Å².